The summed E-state index contributed by atoms with van der Waals surface area (Å²) in [7, 11) is 3.49. The molecule has 0 aromatic heterocycles. The van der Waals surface area contributed by atoms with E-state index in [1.165, 1.54) is 0 Å². The molecular formula is C7H16N2OS. The molecule has 0 bridgehead atoms. The van der Waals surface area contributed by atoms with Gasteiger partial charge in [-0.05, 0) is 6.54 Å². The predicted molar refractivity (Wildman–Crippen MR) is 50.0 cm³/mol. The van der Waals surface area contributed by atoms with Crippen LogP contribution in [0.2, 0.25) is 0 Å². The minimum atomic E-state index is -0.140. The molecule has 1 amide bonds. The Hall–Kier alpha value is -0.220. The Morgan fingerprint density at radius 3 is 2.45 bits per heavy atom. The molecule has 0 unspecified atom stereocenters. The highest BCUT2D eigenvalue weighted by Gasteiger charge is 2.16. The van der Waals surface area contributed by atoms with Crippen LogP contribution in [0.1, 0.15) is 6.92 Å². The highest BCUT2D eigenvalue weighted by Crippen LogP contribution is 1.92. The smallest absolute Gasteiger partial charge is 0.240 e. The third kappa shape index (κ3) is 3.62. The van der Waals surface area contributed by atoms with Crippen LogP contribution in [0.5, 0.6) is 0 Å². The average Bonchev–Trinajstić information content (AvgIpc) is 1.98. The maximum absolute atomic E-state index is 11.3. The van der Waals surface area contributed by atoms with Gasteiger partial charge in [0.2, 0.25) is 5.91 Å². The van der Waals surface area contributed by atoms with E-state index in [1.54, 1.807) is 19.0 Å². The van der Waals surface area contributed by atoms with E-state index < -0.39 is 0 Å². The second-order valence-corrected chi connectivity index (χ2v) is 2.89. The van der Waals surface area contributed by atoms with Crippen LogP contribution in [0.4, 0.5) is 0 Å². The standard InChI is InChI=1S/C7H16N2OS/c1-4-8-6(5-11)7(10)9(2)3/h6,8,11H,4-5H2,1-3H3/t6-/m1/s1. The van der Waals surface area contributed by atoms with Crippen LogP contribution in [-0.4, -0.2) is 43.2 Å². The largest absolute Gasteiger partial charge is 0.347 e. The number of hydrogen-bond acceptors (Lipinski definition) is 3. The molecule has 0 radical (unpaired) electrons. The molecule has 0 aliphatic rings. The summed E-state index contributed by atoms with van der Waals surface area (Å²) < 4.78 is 0. The minimum Gasteiger partial charge on any atom is -0.347 e. The molecule has 0 aliphatic heterocycles. The first-order valence-corrected chi connectivity index (χ1v) is 4.32. The third-order valence-electron chi connectivity index (χ3n) is 1.37. The molecule has 0 rings (SSSR count). The van der Waals surface area contributed by atoms with Crippen molar-refractivity contribution in [1.29, 1.82) is 0 Å². The number of carbonyl (C=O) groups excluding carboxylic acids is 1. The van der Waals surface area contributed by atoms with Gasteiger partial charge in [0.15, 0.2) is 0 Å². The number of hydrogen-bond donors (Lipinski definition) is 2. The van der Waals surface area contributed by atoms with Gasteiger partial charge in [-0.2, -0.15) is 12.6 Å². The van der Waals surface area contributed by atoms with Crippen LogP contribution in [-0.2, 0) is 4.79 Å². The summed E-state index contributed by atoms with van der Waals surface area (Å²) in [6.07, 6.45) is 0. The van der Waals surface area contributed by atoms with Crippen molar-refractivity contribution in [3.05, 3.63) is 0 Å². The van der Waals surface area contributed by atoms with Crippen LogP contribution >= 0.6 is 12.6 Å². The van der Waals surface area contributed by atoms with Gasteiger partial charge in [-0.3, -0.25) is 4.79 Å². The number of amides is 1. The number of rotatable bonds is 4. The normalized spacial score (nSPS) is 12.7. The Morgan fingerprint density at radius 1 is 1.64 bits per heavy atom. The Bertz CT molecular complexity index is 128. The lowest BCUT2D eigenvalue weighted by Gasteiger charge is -2.18. The molecule has 4 heteroatoms. The van der Waals surface area contributed by atoms with Crippen LogP contribution < -0.4 is 5.32 Å². The van der Waals surface area contributed by atoms with Crippen LogP contribution in [0.3, 0.4) is 0 Å². The molecule has 3 nitrogen and oxygen atoms in total. The van der Waals surface area contributed by atoms with Gasteiger partial charge < -0.3 is 10.2 Å². The fourth-order valence-electron chi connectivity index (χ4n) is 0.788. The molecule has 11 heavy (non-hydrogen) atoms. The van der Waals surface area contributed by atoms with Crippen molar-refractivity contribution in [1.82, 2.24) is 10.2 Å². The topological polar surface area (TPSA) is 32.3 Å². The molecule has 0 spiro atoms. The average molecular weight is 176 g/mol. The van der Waals surface area contributed by atoms with Crippen molar-refractivity contribution in [3.8, 4) is 0 Å². The number of nitrogens with zero attached hydrogens (tertiary/aromatic N) is 1. The van der Waals surface area contributed by atoms with E-state index in [0.29, 0.717) is 5.75 Å². The maximum Gasteiger partial charge on any atom is 0.240 e. The molecule has 0 fully saturated rings. The number of carbonyl (C=O) groups is 1. The van der Waals surface area contributed by atoms with Gasteiger partial charge in [0.05, 0.1) is 6.04 Å². The van der Waals surface area contributed by atoms with Crippen molar-refractivity contribution in [2.45, 2.75) is 13.0 Å². The molecular weight excluding hydrogens is 160 g/mol. The van der Waals surface area contributed by atoms with Crippen molar-refractivity contribution in [2.75, 3.05) is 26.4 Å². The number of thiol groups is 1. The molecule has 0 saturated heterocycles. The van der Waals surface area contributed by atoms with E-state index in [-0.39, 0.29) is 11.9 Å². The Morgan fingerprint density at radius 2 is 2.18 bits per heavy atom. The first kappa shape index (κ1) is 10.8. The van der Waals surface area contributed by atoms with Crippen LogP contribution in [0.15, 0.2) is 0 Å². The summed E-state index contributed by atoms with van der Waals surface area (Å²) in [6, 6.07) is -0.140. The monoisotopic (exact) mass is 176 g/mol. The number of likely N-dealkylation sites (N-methyl/N-ethyl adjacent to an activating group) is 2. The predicted octanol–water partition coefficient (Wildman–Crippen LogP) is -0.0175. The second-order valence-electron chi connectivity index (χ2n) is 2.53. The fraction of sp³-hybridized carbons (Fsp3) is 0.857. The molecule has 0 heterocycles. The van der Waals surface area contributed by atoms with E-state index in [0.717, 1.165) is 6.54 Å². The van der Waals surface area contributed by atoms with E-state index in [2.05, 4.69) is 17.9 Å². The molecule has 0 aromatic carbocycles. The summed E-state index contributed by atoms with van der Waals surface area (Å²) in [4.78, 5) is 12.9. The molecule has 0 saturated carbocycles. The van der Waals surface area contributed by atoms with Crippen LogP contribution in [0, 0.1) is 0 Å². The van der Waals surface area contributed by atoms with Gasteiger partial charge in [0, 0.05) is 19.8 Å². The van der Waals surface area contributed by atoms with Crippen molar-refractivity contribution < 1.29 is 4.79 Å². The zero-order valence-corrected chi connectivity index (χ0v) is 8.19. The molecule has 1 N–H and O–H groups in total. The van der Waals surface area contributed by atoms with Crippen molar-refractivity contribution >= 4 is 18.5 Å². The summed E-state index contributed by atoms with van der Waals surface area (Å²) in [5.74, 6) is 0.632. The van der Waals surface area contributed by atoms with Gasteiger partial charge in [-0.1, -0.05) is 6.92 Å². The van der Waals surface area contributed by atoms with Gasteiger partial charge in [-0.25, -0.2) is 0 Å². The maximum atomic E-state index is 11.3. The van der Waals surface area contributed by atoms with Gasteiger partial charge >= 0.3 is 0 Å². The fourth-order valence-corrected chi connectivity index (χ4v) is 1.07. The van der Waals surface area contributed by atoms with Gasteiger partial charge in [0.1, 0.15) is 0 Å². The van der Waals surface area contributed by atoms with Crippen molar-refractivity contribution in [3.63, 3.8) is 0 Å². The quantitative estimate of drug-likeness (QED) is 0.590. The zero-order valence-electron chi connectivity index (χ0n) is 7.29. The summed E-state index contributed by atoms with van der Waals surface area (Å²) in [5.41, 5.74) is 0. The SMILES string of the molecule is CCN[C@H](CS)C(=O)N(C)C. The summed E-state index contributed by atoms with van der Waals surface area (Å²) in [5, 5.41) is 3.05. The van der Waals surface area contributed by atoms with Gasteiger partial charge in [0.25, 0.3) is 0 Å². The number of nitrogens with one attached hydrogen (secondary N) is 1. The molecule has 66 valence electrons. The lowest BCUT2D eigenvalue weighted by Crippen LogP contribution is -2.44. The third-order valence-corrected chi connectivity index (χ3v) is 1.74. The second kappa shape index (κ2) is 5.43. The first-order valence-electron chi connectivity index (χ1n) is 3.68. The van der Waals surface area contributed by atoms with E-state index in [4.69, 9.17) is 0 Å². The van der Waals surface area contributed by atoms with E-state index in [9.17, 15) is 4.79 Å². The van der Waals surface area contributed by atoms with Gasteiger partial charge in [-0.15, -0.1) is 0 Å². The summed E-state index contributed by atoms with van der Waals surface area (Å²) in [6.45, 7) is 2.77. The zero-order chi connectivity index (χ0) is 8.85. The highest BCUT2D eigenvalue weighted by molar-refractivity contribution is 7.80. The summed E-state index contributed by atoms with van der Waals surface area (Å²) >= 11 is 4.07. The molecule has 1 atom stereocenters. The first-order chi connectivity index (χ1) is 5.13. The lowest BCUT2D eigenvalue weighted by molar-refractivity contribution is -0.130. The van der Waals surface area contributed by atoms with E-state index >= 15 is 0 Å². The van der Waals surface area contributed by atoms with Crippen molar-refractivity contribution in [2.24, 2.45) is 0 Å². The lowest BCUT2D eigenvalue weighted by atomic mass is 10.3. The molecule has 0 aliphatic carbocycles. The minimum absolute atomic E-state index is 0.0850. The Kier molecular flexibility index (Phi) is 5.32. The Labute approximate surface area is 73.6 Å². The molecule has 0 aromatic rings. The highest BCUT2D eigenvalue weighted by atomic mass is 32.1. The Balaban J connectivity index is 3.92. The van der Waals surface area contributed by atoms with Crippen LogP contribution in [0.25, 0.3) is 0 Å². The van der Waals surface area contributed by atoms with E-state index in [1.807, 2.05) is 6.92 Å².